The summed E-state index contributed by atoms with van der Waals surface area (Å²) in [6, 6.07) is 12.2. The number of nitrogen functional groups attached to an aromatic ring is 2. The van der Waals surface area contributed by atoms with Crippen molar-refractivity contribution in [3.63, 3.8) is 0 Å². The second-order valence-electron chi connectivity index (χ2n) is 12.2. The predicted octanol–water partition coefficient (Wildman–Crippen LogP) is -7.32. The van der Waals surface area contributed by atoms with E-state index in [2.05, 4.69) is 20.5 Å². The number of carbonyl (C=O) groups excluding carboxylic acids is 1. The van der Waals surface area contributed by atoms with Gasteiger partial charge in [-0.25, -0.2) is 38.5 Å². The van der Waals surface area contributed by atoms with Gasteiger partial charge in [0.2, 0.25) is 0 Å². The van der Waals surface area contributed by atoms with Crippen LogP contribution in [0.4, 0.5) is 50.3 Å². The molecule has 0 radical (unpaired) electrons. The average molecular weight is 991 g/mol. The number of rotatable bonds is 10. The normalized spacial score (nSPS) is 11.9. The fourth-order valence-electron chi connectivity index (χ4n) is 5.59. The Morgan fingerprint density at radius 3 is 1.14 bits per heavy atom. The van der Waals surface area contributed by atoms with E-state index in [4.69, 9.17) is 11.5 Å². The maximum atomic E-state index is 13.0. The maximum absolute atomic E-state index is 13.0. The average Bonchev–Trinajstić information content (AvgIpc) is 3.13. The number of hydrogen-bond donors (Lipinski definition) is 6. The molecule has 0 fully saturated rings. The second kappa shape index (κ2) is 21.8. The molecule has 31 heteroatoms. The molecule has 0 atom stereocenters. The van der Waals surface area contributed by atoms with Crippen molar-refractivity contribution in [1.82, 2.24) is 0 Å². The van der Waals surface area contributed by atoms with Crippen molar-refractivity contribution in [3.05, 3.63) is 84.9 Å². The van der Waals surface area contributed by atoms with E-state index < -0.39 is 89.0 Å². The van der Waals surface area contributed by atoms with Crippen molar-refractivity contribution < 1.29 is 185 Å². The summed E-state index contributed by atoms with van der Waals surface area (Å²) in [4.78, 5) is 9.37. The number of nitrogens with one attached hydrogen (secondary N) is 2. The van der Waals surface area contributed by atoms with Crippen LogP contribution in [0.15, 0.2) is 125 Å². The Bertz CT molecular complexity index is 3140. The van der Waals surface area contributed by atoms with Crippen molar-refractivity contribution in [2.75, 3.05) is 22.1 Å². The van der Waals surface area contributed by atoms with Crippen LogP contribution in [0.25, 0.3) is 21.5 Å². The molecular formula is C33H22N8Na4O15S4. The molecule has 0 saturated heterocycles. The molecular weight excluding hydrogens is 969 g/mol. The number of amides is 2. The standard InChI is InChI=1S/C33H26N8O15S4.4Na/c34-21-5-1-15-9-19(57(45,46)47)13-25(42)29(15)31(21)40-38-17-3-7-23(27(11-17)59(51,52)53)36-33(44)37-24-8-4-18(12-28(24)60(54,55)56)39-41-32-22(35)6-2-16-10-20(58(48,49)50)14-26(43)30(16)32;;;;/h1-14,42-43H,34-35H2,(H2,36,37,44)(H,45,46,47)(H,48,49,50)(H,51,52,53)(H,54,55,56);;;;/q;4*+1/p-4. The number of phenols is 2. The maximum Gasteiger partial charge on any atom is 1.00 e. The van der Waals surface area contributed by atoms with Crippen molar-refractivity contribution in [1.29, 1.82) is 0 Å². The van der Waals surface area contributed by atoms with Gasteiger partial charge >= 0.3 is 124 Å². The summed E-state index contributed by atoms with van der Waals surface area (Å²) in [6.07, 6.45) is 0. The summed E-state index contributed by atoms with van der Waals surface area (Å²) in [7, 11) is -20.7. The number of urea groups is 1. The minimum absolute atomic E-state index is 0. The summed E-state index contributed by atoms with van der Waals surface area (Å²) in [5.74, 6) is -1.43. The number of fused-ring (bicyclic) bond motifs is 2. The molecule has 6 aromatic carbocycles. The third kappa shape index (κ3) is 13.2. The van der Waals surface area contributed by atoms with Crippen molar-refractivity contribution in [3.8, 4) is 11.5 Å². The Morgan fingerprint density at radius 1 is 0.484 bits per heavy atom. The van der Waals surface area contributed by atoms with E-state index in [1.165, 1.54) is 24.3 Å². The monoisotopic (exact) mass is 990 g/mol. The largest absolute Gasteiger partial charge is 1.00 e. The van der Waals surface area contributed by atoms with E-state index in [1.807, 2.05) is 10.6 Å². The van der Waals surface area contributed by atoms with Crippen molar-refractivity contribution >= 4 is 114 Å². The molecule has 0 spiro atoms. The molecule has 6 aromatic rings. The number of nitrogens with zero attached hydrogens (tertiary/aromatic N) is 4. The van der Waals surface area contributed by atoms with E-state index in [0.717, 1.165) is 36.4 Å². The Morgan fingerprint density at radius 2 is 0.828 bits per heavy atom. The number of nitrogens with two attached hydrogens (primary N) is 2. The molecule has 0 heterocycles. The fraction of sp³-hybridized carbons (Fsp3) is 0. The van der Waals surface area contributed by atoms with Crippen molar-refractivity contribution in [2.45, 2.75) is 19.6 Å². The smallest absolute Gasteiger partial charge is 0.744 e. The number of benzene rings is 6. The van der Waals surface area contributed by atoms with Gasteiger partial charge in [-0.05, 0) is 83.6 Å². The zero-order chi connectivity index (χ0) is 44.1. The van der Waals surface area contributed by atoms with Gasteiger partial charge in [0, 0.05) is 0 Å². The molecule has 0 aliphatic heterocycles. The Labute approximate surface area is 451 Å². The van der Waals surface area contributed by atoms with Gasteiger partial charge in [0.25, 0.3) is 0 Å². The summed E-state index contributed by atoms with van der Waals surface area (Å²) < 4.78 is 142. The quantitative estimate of drug-likeness (QED) is 0.0321. The molecule has 64 heavy (non-hydrogen) atoms. The first-order valence-electron chi connectivity index (χ1n) is 15.9. The zero-order valence-corrected chi connectivity index (χ0v) is 44.6. The van der Waals surface area contributed by atoms with Crippen LogP contribution in [0.3, 0.4) is 0 Å². The molecule has 0 unspecified atom stereocenters. The Balaban J connectivity index is 0.00000352. The number of azo groups is 2. The van der Waals surface area contributed by atoms with Gasteiger partial charge in [-0.15, -0.1) is 10.2 Å². The summed E-state index contributed by atoms with van der Waals surface area (Å²) in [6.45, 7) is 0. The van der Waals surface area contributed by atoms with Gasteiger partial charge < -0.3 is 50.5 Å². The zero-order valence-electron chi connectivity index (χ0n) is 33.4. The number of aromatic hydroxyl groups is 2. The molecule has 0 aromatic heterocycles. The van der Waals surface area contributed by atoms with Crippen LogP contribution in [0.2, 0.25) is 0 Å². The molecule has 312 valence electrons. The topological polar surface area (TPSA) is 412 Å². The third-order valence-electron chi connectivity index (χ3n) is 8.22. The summed E-state index contributed by atoms with van der Waals surface area (Å²) >= 11 is 0. The van der Waals surface area contributed by atoms with Crippen LogP contribution in [0.1, 0.15) is 0 Å². The van der Waals surface area contributed by atoms with Gasteiger partial charge in [0.15, 0.2) is 0 Å². The summed E-state index contributed by atoms with van der Waals surface area (Å²) in [5.41, 5.74) is 9.30. The van der Waals surface area contributed by atoms with Gasteiger partial charge in [0.1, 0.15) is 63.3 Å². The second-order valence-corrected chi connectivity index (χ2v) is 17.7. The molecule has 8 N–H and O–H groups in total. The molecule has 23 nitrogen and oxygen atoms in total. The Hall–Kier alpha value is -2.85. The fourth-order valence-corrected chi connectivity index (χ4v) is 7.95. The summed E-state index contributed by atoms with van der Waals surface area (Å²) in [5, 5.41) is 40.3. The van der Waals surface area contributed by atoms with E-state index >= 15 is 0 Å². The van der Waals surface area contributed by atoms with Gasteiger partial charge in [-0.1, -0.05) is 12.1 Å². The molecule has 0 saturated carbocycles. The molecule has 6 rings (SSSR count). The van der Waals surface area contributed by atoms with Gasteiger partial charge in [-0.2, -0.15) is 10.2 Å². The molecule has 0 aliphatic rings. The van der Waals surface area contributed by atoms with Crippen LogP contribution in [-0.2, 0) is 40.5 Å². The first-order chi connectivity index (χ1) is 27.8. The van der Waals surface area contributed by atoms with Crippen molar-refractivity contribution in [2.24, 2.45) is 20.5 Å². The minimum atomic E-state index is -5.40. The number of carbonyl (C=O) groups is 1. The molecule has 0 aliphatic carbocycles. The number of phenolic OH excluding ortho intramolecular Hbond substituents is 2. The van der Waals surface area contributed by atoms with E-state index in [-0.39, 0.29) is 174 Å². The van der Waals surface area contributed by atoms with E-state index in [0.29, 0.717) is 24.3 Å². The number of hydrogen-bond acceptors (Lipinski definition) is 21. The predicted molar refractivity (Wildman–Crippen MR) is 206 cm³/mol. The first-order valence-corrected chi connectivity index (χ1v) is 21.6. The minimum Gasteiger partial charge on any atom is -0.744 e. The SMILES string of the molecule is Nc1ccc2cc(S(=O)(=O)[O-])cc(O)c2c1N=Nc1ccc(NC(=O)Nc2ccc(N=Nc3c(N)ccc4cc(S(=O)(=O)[O-])cc(O)c34)cc2S(=O)(=O)[O-])c(S(=O)(=O)[O-])c1.[Na+].[Na+].[Na+].[Na+]. The third-order valence-corrected chi connectivity index (χ3v) is 11.6. The van der Waals surface area contributed by atoms with Gasteiger partial charge in [0.05, 0.1) is 64.5 Å². The van der Waals surface area contributed by atoms with Crippen LogP contribution >= 0.6 is 0 Å². The van der Waals surface area contributed by atoms with Crippen LogP contribution in [0.5, 0.6) is 11.5 Å². The van der Waals surface area contributed by atoms with Crippen LogP contribution < -0.4 is 140 Å². The number of anilines is 4. The Kier molecular flexibility index (Phi) is 19.6. The molecule has 0 bridgehead atoms. The van der Waals surface area contributed by atoms with Crippen LogP contribution in [0, 0.1) is 0 Å². The molecule has 2 amide bonds. The van der Waals surface area contributed by atoms with E-state index in [1.54, 1.807) is 0 Å². The van der Waals surface area contributed by atoms with Crippen LogP contribution in [-0.4, -0.2) is 68.1 Å². The van der Waals surface area contributed by atoms with Gasteiger partial charge in [-0.3, -0.25) is 0 Å². The van der Waals surface area contributed by atoms with E-state index in [9.17, 15) is 66.9 Å². The first kappa shape index (κ1) is 57.3.